The van der Waals surface area contributed by atoms with E-state index in [0.29, 0.717) is 24.0 Å². The Bertz CT molecular complexity index is 520. The van der Waals surface area contributed by atoms with Gasteiger partial charge in [-0.15, -0.1) is 0 Å². The van der Waals surface area contributed by atoms with E-state index in [-0.39, 0.29) is 11.2 Å². The number of nitrogen functional groups attached to an aromatic ring is 1. The third-order valence-corrected chi connectivity index (χ3v) is 3.14. The largest absolute Gasteiger partial charge is 0.384 e. The second-order valence-corrected chi connectivity index (χ2v) is 7.57. The number of nitrogens with two attached hydrogens (primary N) is 1. The molecule has 1 rings (SSSR count). The molecule has 18 heavy (non-hydrogen) atoms. The Balaban J connectivity index is 2.81. The number of nitrogens with one attached hydrogen (secondary N) is 1. The highest BCUT2D eigenvalue weighted by atomic mass is 32.2. The van der Waals surface area contributed by atoms with Gasteiger partial charge in [0.1, 0.15) is 27.3 Å². The zero-order chi connectivity index (χ0) is 14.0. The molecule has 3 N–H and O–H groups in total. The van der Waals surface area contributed by atoms with Crippen LogP contribution in [0.1, 0.15) is 26.6 Å². The summed E-state index contributed by atoms with van der Waals surface area (Å²) in [5, 5.41) is 2.94. The third-order valence-electron chi connectivity index (χ3n) is 2.20. The van der Waals surface area contributed by atoms with E-state index in [2.05, 4.69) is 15.3 Å². The predicted octanol–water partition coefficient (Wildman–Crippen LogP) is 0.813. The van der Waals surface area contributed by atoms with E-state index >= 15 is 0 Å². The van der Waals surface area contributed by atoms with Crippen molar-refractivity contribution in [2.75, 3.05) is 29.6 Å². The number of aromatic nitrogens is 2. The Kier molecular flexibility index (Phi) is 4.16. The molecule has 102 valence electrons. The molecule has 0 saturated heterocycles. The number of rotatable bonds is 4. The van der Waals surface area contributed by atoms with Crippen LogP contribution in [-0.4, -0.2) is 36.9 Å². The van der Waals surface area contributed by atoms with E-state index < -0.39 is 9.84 Å². The van der Waals surface area contributed by atoms with Crippen LogP contribution in [0.3, 0.4) is 0 Å². The molecule has 1 heterocycles. The smallest absolute Gasteiger partial charge is 0.149 e. The first-order valence-electron chi connectivity index (χ1n) is 5.64. The Hall–Kier alpha value is -1.37. The van der Waals surface area contributed by atoms with Crippen LogP contribution >= 0.6 is 0 Å². The minimum atomic E-state index is -2.98. The van der Waals surface area contributed by atoms with Gasteiger partial charge in [-0.1, -0.05) is 20.8 Å². The molecule has 0 spiro atoms. The number of anilines is 2. The van der Waals surface area contributed by atoms with Crippen LogP contribution in [0.5, 0.6) is 0 Å². The van der Waals surface area contributed by atoms with Crippen LogP contribution in [-0.2, 0) is 15.3 Å². The van der Waals surface area contributed by atoms with Gasteiger partial charge in [0.2, 0.25) is 0 Å². The van der Waals surface area contributed by atoms with Crippen molar-refractivity contribution < 1.29 is 8.42 Å². The molecule has 0 saturated carbocycles. The summed E-state index contributed by atoms with van der Waals surface area (Å²) in [7, 11) is -2.98. The van der Waals surface area contributed by atoms with Gasteiger partial charge < -0.3 is 11.1 Å². The highest BCUT2D eigenvalue weighted by Crippen LogP contribution is 2.20. The van der Waals surface area contributed by atoms with Gasteiger partial charge in [0, 0.05) is 24.3 Å². The average Bonchev–Trinajstić information content (AvgIpc) is 2.13. The van der Waals surface area contributed by atoms with Crippen molar-refractivity contribution in [1.29, 1.82) is 0 Å². The van der Waals surface area contributed by atoms with Gasteiger partial charge in [-0.3, -0.25) is 0 Å². The normalized spacial score (nSPS) is 12.4. The Morgan fingerprint density at radius 2 is 1.94 bits per heavy atom. The maximum absolute atomic E-state index is 11.0. The zero-order valence-electron chi connectivity index (χ0n) is 11.2. The summed E-state index contributed by atoms with van der Waals surface area (Å²) in [4.78, 5) is 8.50. The number of nitrogens with zero attached hydrogens (tertiary/aromatic N) is 2. The Morgan fingerprint density at radius 3 is 2.44 bits per heavy atom. The second-order valence-electron chi connectivity index (χ2n) is 5.31. The van der Waals surface area contributed by atoms with Crippen LogP contribution in [0.25, 0.3) is 0 Å². The molecule has 0 radical (unpaired) electrons. The molecule has 0 amide bonds. The van der Waals surface area contributed by atoms with E-state index in [9.17, 15) is 8.42 Å². The van der Waals surface area contributed by atoms with Gasteiger partial charge in [0.05, 0.1) is 5.75 Å². The SMILES string of the molecule is CC(C)(C)c1nc(N)cc(NCCS(C)(=O)=O)n1. The molecule has 0 fully saturated rings. The van der Waals surface area contributed by atoms with Crippen LogP contribution in [0.15, 0.2) is 6.07 Å². The van der Waals surface area contributed by atoms with Gasteiger partial charge >= 0.3 is 0 Å². The third kappa shape index (κ3) is 4.87. The summed E-state index contributed by atoms with van der Waals surface area (Å²) >= 11 is 0. The first-order chi connectivity index (χ1) is 8.08. The lowest BCUT2D eigenvalue weighted by Gasteiger charge is -2.18. The first-order valence-corrected chi connectivity index (χ1v) is 7.70. The molecule has 0 bridgehead atoms. The average molecular weight is 272 g/mol. The fourth-order valence-electron chi connectivity index (χ4n) is 1.26. The molecule has 1 aromatic rings. The molecule has 0 atom stereocenters. The lowest BCUT2D eigenvalue weighted by molar-refractivity contribution is 0.547. The van der Waals surface area contributed by atoms with Gasteiger partial charge in [-0.05, 0) is 0 Å². The van der Waals surface area contributed by atoms with Crippen LogP contribution in [0.4, 0.5) is 11.6 Å². The molecule has 0 aliphatic rings. The van der Waals surface area contributed by atoms with Crippen molar-refractivity contribution in [2.24, 2.45) is 0 Å². The molecular formula is C11H20N4O2S. The van der Waals surface area contributed by atoms with Gasteiger partial charge in [0.15, 0.2) is 0 Å². The van der Waals surface area contributed by atoms with E-state index in [4.69, 9.17) is 5.73 Å². The minimum Gasteiger partial charge on any atom is -0.384 e. The Labute approximate surface area is 108 Å². The minimum absolute atomic E-state index is 0.0573. The molecule has 0 aliphatic heterocycles. The lowest BCUT2D eigenvalue weighted by Crippen LogP contribution is -2.20. The van der Waals surface area contributed by atoms with Crippen molar-refractivity contribution in [2.45, 2.75) is 26.2 Å². The topological polar surface area (TPSA) is 98.0 Å². The monoisotopic (exact) mass is 272 g/mol. The van der Waals surface area contributed by atoms with Crippen LogP contribution in [0, 0.1) is 0 Å². The summed E-state index contributed by atoms with van der Waals surface area (Å²) in [6.45, 7) is 6.27. The summed E-state index contributed by atoms with van der Waals surface area (Å²) in [5.41, 5.74) is 5.50. The standard InChI is InChI=1S/C11H20N4O2S/c1-11(2,3)10-14-8(12)7-9(15-10)13-5-6-18(4,16)17/h7H,5-6H2,1-4H3,(H3,12,13,14,15). The molecule has 7 heteroatoms. The van der Waals surface area contributed by atoms with Crippen molar-refractivity contribution in [3.63, 3.8) is 0 Å². The van der Waals surface area contributed by atoms with Crippen molar-refractivity contribution in [3.8, 4) is 0 Å². The van der Waals surface area contributed by atoms with E-state index in [1.54, 1.807) is 6.07 Å². The molecule has 0 aliphatic carbocycles. The van der Waals surface area contributed by atoms with Crippen molar-refractivity contribution in [1.82, 2.24) is 9.97 Å². The van der Waals surface area contributed by atoms with Gasteiger partial charge in [0.25, 0.3) is 0 Å². The molecular weight excluding hydrogens is 252 g/mol. The summed E-state index contributed by atoms with van der Waals surface area (Å²) in [5.74, 6) is 1.61. The summed E-state index contributed by atoms with van der Waals surface area (Å²) in [6, 6.07) is 1.59. The second kappa shape index (κ2) is 5.09. The molecule has 0 aromatic carbocycles. The number of hydrogen-bond donors (Lipinski definition) is 2. The number of sulfone groups is 1. The fraction of sp³-hybridized carbons (Fsp3) is 0.636. The fourth-order valence-corrected chi connectivity index (χ4v) is 1.73. The zero-order valence-corrected chi connectivity index (χ0v) is 12.0. The lowest BCUT2D eigenvalue weighted by atomic mass is 9.96. The predicted molar refractivity (Wildman–Crippen MR) is 73.3 cm³/mol. The highest BCUT2D eigenvalue weighted by molar-refractivity contribution is 7.90. The van der Waals surface area contributed by atoms with Crippen molar-refractivity contribution >= 4 is 21.5 Å². The van der Waals surface area contributed by atoms with E-state index in [1.807, 2.05) is 20.8 Å². The van der Waals surface area contributed by atoms with E-state index in [0.717, 1.165) is 0 Å². The van der Waals surface area contributed by atoms with Gasteiger partial charge in [-0.25, -0.2) is 18.4 Å². The van der Waals surface area contributed by atoms with E-state index in [1.165, 1.54) is 6.26 Å². The van der Waals surface area contributed by atoms with Crippen LogP contribution < -0.4 is 11.1 Å². The first kappa shape index (κ1) is 14.7. The molecule has 0 unspecified atom stereocenters. The maximum atomic E-state index is 11.0. The summed E-state index contributed by atoms with van der Waals surface area (Å²) < 4.78 is 22.0. The quantitative estimate of drug-likeness (QED) is 0.841. The molecule has 6 nitrogen and oxygen atoms in total. The van der Waals surface area contributed by atoms with Gasteiger partial charge in [-0.2, -0.15) is 0 Å². The van der Waals surface area contributed by atoms with Crippen molar-refractivity contribution in [3.05, 3.63) is 11.9 Å². The molecule has 1 aromatic heterocycles. The number of hydrogen-bond acceptors (Lipinski definition) is 6. The Morgan fingerprint density at radius 1 is 1.33 bits per heavy atom. The summed E-state index contributed by atoms with van der Waals surface area (Å²) in [6.07, 6.45) is 1.20. The maximum Gasteiger partial charge on any atom is 0.149 e. The highest BCUT2D eigenvalue weighted by Gasteiger charge is 2.18. The van der Waals surface area contributed by atoms with Crippen LogP contribution in [0.2, 0.25) is 0 Å².